The van der Waals surface area contributed by atoms with Crippen molar-refractivity contribution in [2.75, 3.05) is 6.61 Å². The van der Waals surface area contributed by atoms with Gasteiger partial charge in [-0.15, -0.1) is 0 Å². The van der Waals surface area contributed by atoms with Crippen LogP contribution in [0.25, 0.3) is 0 Å². The second-order valence-corrected chi connectivity index (χ2v) is 3.47. The molecule has 3 N–H and O–H groups in total. The number of hydrogen-bond acceptors (Lipinski definition) is 3. The van der Waals surface area contributed by atoms with Gasteiger partial charge in [0.25, 0.3) is 0 Å². The minimum absolute atomic E-state index is 0.00991. The van der Waals surface area contributed by atoms with Crippen LogP contribution in [0.1, 0.15) is 18.2 Å². The van der Waals surface area contributed by atoms with Gasteiger partial charge in [0.1, 0.15) is 0 Å². The fourth-order valence-electron chi connectivity index (χ4n) is 1.09. The first-order valence-electron chi connectivity index (χ1n) is 4.66. The lowest BCUT2D eigenvalue weighted by atomic mass is 10.2. The smallest absolute Gasteiger partial charge is 0.186 e. The Morgan fingerprint density at radius 2 is 2.36 bits per heavy atom. The summed E-state index contributed by atoms with van der Waals surface area (Å²) in [5.74, 6) is 0. The summed E-state index contributed by atoms with van der Waals surface area (Å²) in [6.07, 6.45) is 1.70. The molecule has 1 atom stereocenters. The second kappa shape index (κ2) is 4.93. The Morgan fingerprint density at radius 1 is 1.64 bits per heavy atom. The molecule has 78 valence electrons. The molecule has 0 bridgehead atoms. The summed E-state index contributed by atoms with van der Waals surface area (Å²) in [5, 5.41) is 11.8. The van der Waals surface area contributed by atoms with Crippen LogP contribution in [-0.2, 0) is 6.54 Å². The molecule has 1 rings (SSSR count). The van der Waals surface area contributed by atoms with Gasteiger partial charge in [-0.25, -0.2) is 0 Å². The highest BCUT2D eigenvalue weighted by Gasteiger charge is 2.02. The average molecular weight is 196 g/mol. The van der Waals surface area contributed by atoms with Gasteiger partial charge in [0, 0.05) is 36.1 Å². The molecule has 0 spiro atoms. The zero-order chi connectivity index (χ0) is 10.6. The van der Waals surface area contributed by atoms with E-state index in [1.54, 1.807) is 12.3 Å². The number of nitrogens with one attached hydrogen (secondary N) is 2. The molecule has 0 amide bonds. The van der Waals surface area contributed by atoms with Crippen LogP contribution in [0.15, 0.2) is 17.1 Å². The maximum atomic E-state index is 11.4. The van der Waals surface area contributed by atoms with E-state index >= 15 is 0 Å². The molecule has 1 heterocycles. The minimum atomic E-state index is 0.00991. The topological polar surface area (TPSA) is 65.1 Å². The van der Waals surface area contributed by atoms with Gasteiger partial charge >= 0.3 is 0 Å². The van der Waals surface area contributed by atoms with Gasteiger partial charge in [0.15, 0.2) is 5.43 Å². The predicted octanol–water partition coefficient (Wildman–Crippen LogP) is 0.154. The van der Waals surface area contributed by atoms with E-state index in [0.29, 0.717) is 12.1 Å². The monoisotopic (exact) mass is 196 g/mol. The van der Waals surface area contributed by atoms with Gasteiger partial charge < -0.3 is 15.4 Å². The third-order valence-electron chi connectivity index (χ3n) is 2.05. The number of aliphatic hydroxyl groups is 1. The van der Waals surface area contributed by atoms with Gasteiger partial charge in [-0.05, 0) is 13.8 Å². The van der Waals surface area contributed by atoms with Crippen molar-refractivity contribution in [3.8, 4) is 0 Å². The van der Waals surface area contributed by atoms with Crippen LogP contribution in [0.3, 0.4) is 0 Å². The molecule has 0 radical (unpaired) electrons. The Hall–Kier alpha value is -1.13. The number of hydrogen-bond donors (Lipinski definition) is 3. The molecule has 0 fully saturated rings. The minimum Gasteiger partial charge on any atom is -0.395 e. The number of pyridine rings is 1. The fraction of sp³-hybridized carbons (Fsp3) is 0.500. The predicted molar refractivity (Wildman–Crippen MR) is 55.2 cm³/mol. The van der Waals surface area contributed by atoms with Crippen molar-refractivity contribution in [2.45, 2.75) is 26.4 Å². The maximum Gasteiger partial charge on any atom is 0.186 e. The SMILES string of the molecule is Cc1cc(=O)c(CNC(C)CO)c[nH]1. The lowest BCUT2D eigenvalue weighted by Crippen LogP contribution is -2.30. The molecular weight excluding hydrogens is 180 g/mol. The van der Waals surface area contributed by atoms with E-state index < -0.39 is 0 Å². The zero-order valence-electron chi connectivity index (χ0n) is 8.50. The third-order valence-corrected chi connectivity index (χ3v) is 2.05. The number of aromatic amines is 1. The molecule has 1 unspecified atom stereocenters. The van der Waals surface area contributed by atoms with Crippen molar-refractivity contribution >= 4 is 0 Å². The van der Waals surface area contributed by atoms with E-state index in [0.717, 1.165) is 5.69 Å². The first-order chi connectivity index (χ1) is 6.63. The van der Waals surface area contributed by atoms with Gasteiger partial charge in [0.2, 0.25) is 0 Å². The largest absolute Gasteiger partial charge is 0.395 e. The Kier molecular flexibility index (Phi) is 3.85. The second-order valence-electron chi connectivity index (χ2n) is 3.47. The van der Waals surface area contributed by atoms with Crippen LogP contribution in [0.4, 0.5) is 0 Å². The highest BCUT2D eigenvalue weighted by molar-refractivity contribution is 5.13. The summed E-state index contributed by atoms with van der Waals surface area (Å²) in [6, 6.07) is 1.58. The Morgan fingerprint density at radius 3 is 2.93 bits per heavy atom. The molecule has 4 heteroatoms. The molecular formula is C10H16N2O2. The van der Waals surface area contributed by atoms with E-state index in [1.807, 2.05) is 13.8 Å². The number of H-pyrrole nitrogens is 1. The van der Waals surface area contributed by atoms with E-state index in [9.17, 15) is 4.79 Å². The molecule has 14 heavy (non-hydrogen) atoms. The highest BCUT2D eigenvalue weighted by atomic mass is 16.3. The van der Waals surface area contributed by atoms with Gasteiger partial charge in [-0.2, -0.15) is 0 Å². The zero-order valence-corrected chi connectivity index (χ0v) is 8.50. The summed E-state index contributed by atoms with van der Waals surface area (Å²) >= 11 is 0. The lowest BCUT2D eigenvalue weighted by Gasteiger charge is -2.09. The van der Waals surface area contributed by atoms with E-state index in [-0.39, 0.29) is 18.1 Å². The maximum absolute atomic E-state index is 11.4. The molecule has 0 saturated heterocycles. The van der Waals surface area contributed by atoms with Crippen LogP contribution in [0, 0.1) is 6.92 Å². The van der Waals surface area contributed by atoms with E-state index in [4.69, 9.17) is 5.11 Å². The van der Waals surface area contributed by atoms with Crippen molar-refractivity contribution in [1.82, 2.24) is 10.3 Å². The summed E-state index contributed by atoms with van der Waals surface area (Å²) in [5.41, 5.74) is 1.57. The number of aryl methyl sites for hydroxylation is 1. The Labute approximate surface area is 83.0 Å². The fourth-order valence-corrected chi connectivity index (χ4v) is 1.09. The normalized spacial score (nSPS) is 12.8. The van der Waals surface area contributed by atoms with Crippen LogP contribution in [0.5, 0.6) is 0 Å². The summed E-state index contributed by atoms with van der Waals surface area (Å²) < 4.78 is 0. The van der Waals surface area contributed by atoms with Gasteiger partial charge in [0.05, 0.1) is 6.61 Å². The van der Waals surface area contributed by atoms with Crippen molar-refractivity contribution < 1.29 is 5.11 Å². The van der Waals surface area contributed by atoms with Crippen molar-refractivity contribution in [3.63, 3.8) is 0 Å². The van der Waals surface area contributed by atoms with E-state index in [1.165, 1.54) is 0 Å². The first-order valence-corrected chi connectivity index (χ1v) is 4.66. The lowest BCUT2D eigenvalue weighted by molar-refractivity contribution is 0.251. The van der Waals surface area contributed by atoms with Crippen molar-refractivity contribution in [1.29, 1.82) is 0 Å². The van der Waals surface area contributed by atoms with Crippen LogP contribution in [-0.4, -0.2) is 22.7 Å². The molecule has 0 aliphatic heterocycles. The van der Waals surface area contributed by atoms with Gasteiger partial charge in [-0.3, -0.25) is 4.79 Å². The molecule has 0 aliphatic rings. The average Bonchev–Trinajstić information content (AvgIpc) is 2.16. The van der Waals surface area contributed by atoms with Crippen molar-refractivity contribution in [3.05, 3.63) is 33.7 Å². The summed E-state index contributed by atoms with van der Waals surface area (Å²) in [7, 11) is 0. The van der Waals surface area contributed by atoms with Crippen LogP contribution in [0.2, 0.25) is 0 Å². The van der Waals surface area contributed by atoms with Crippen LogP contribution >= 0.6 is 0 Å². The van der Waals surface area contributed by atoms with Gasteiger partial charge in [-0.1, -0.05) is 0 Å². The molecule has 0 aromatic carbocycles. The number of aliphatic hydroxyl groups excluding tert-OH is 1. The van der Waals surface area contributed by atoms with Crippen LogP contribution < -0.4 is 10.7 Å². The van der Waals surface area contributed by atoms with Crippen molar-refractivity contribution in [2.24, 2.45) is 0 Å². The standard InChI is InChI=1S/C10H16N2O2/c1-7-3-10(14)9(4-11-7)5-12-8(2)6-13/h3-4,8,12-13H,5-6H2,1-2H3,(H,11,14). The number of rotatable bonds is 4. The third kappa shape index (κ3) is 2.97. The molecule has 0 saturated carbocycles. The molecule has 1 aromatic rings. The highest BCUT2D eigenvalue weighted by Crippen LogP contribution is 1.92. The Bertz CT molecular complexity index is 346. The molecule has 1 aromatic heterocycles. The quantitative estimate of drug-likeness (QED) is 0.642. The Balaban J connectivity index is 2.64. The first kappa shape index (κ1) is 10.9. The van der Waals surface area contributed by atoms with E-state index in [2.05, 4.69) is 10.3 Å². The summed E-state index contributed by atoms with van der Waals surface area (Å²) in [6.45, 7) is 4.26. The summed E-state index contributed by atoms with van der Waals surface area (Å²) in [4.78, 5) is 14.4. The number of aromatic nitrogens is 1. The molecule has 0 aliphatic carbocycles. The molecule has 4 nitrogen and oxygen atoms in total.